The van der Waals surface area contributed by atoms with Crippen LogP contribution >= 0.6 is 0 Å². The van der Waals surface area contributed by atoms with Crippen LogP contribution in [0.2, 0.25) is 0 Å². The maximum absolute atomic E-state index is 10.6. The minimum atomic E-state index is -4.54. The normalized spacial score (nSPS) is 20.1. The van der Waals surface area contributed by atoms with Gasteiger partial charge < -0.3 is 14.3 Å². The monoisotopic (exact) mass is 239 g/mol. The number of carbonyl (C=O) groups is 1. The molecule has 0 aromatic carbocycles. The van der Waals surface area contributed by atoms with E-state index in [0.29, 0.717) is 5.76 Å². The molecule has 1 aromatic rings. The molecule has 2 rings (SSSR count). The fraction of sp³-hybridized carbons (Fsp3) is 0.286. The van der Waals surface area contributed by atoms with Gasteiger partial charge in [0.1, 0.15) is 5.76 Å². The fourth-order valence-electron chi connectivity index (χ4n) is 1.19. The van der Waals surface area contributed by atoms with E-state index >= 15 is 0 Å². The number of hydrogen-bond donors (Lipinski definition) is 1. The second kappa shape index (κ2) is 4.26. The SMILES string of the molecule is O=C1CC(c2ccc(S(=O)(=O)[O-])o2)N1.[Na+]. The zero-order chi connectivity index (χ0) is 10.3. The van der Waals surface area contributed by atoms with E-state index in [-0.39, 0.29) is 47.9 Å². The Labute approximate surface area is 108 Å². The van der Waals surface area contributed by atoms with Gasteiger partial charge in [-0.2, -0.15) is 0 Å². The fourth-order valence-corrected chi connectivity index (χ4v) is 1.62. The van der Waals surface area contributed by atoms with Crippen molar-refractivity contribution < 1.29 is 51.7 Å². The van der Waals surface area contributed by atoms with Crippen molar-refractivity contribution in [3.8, 4) is 0 Å². The first-order valence-electron chi connectivity index (χ1n) is 3.82. The summed E-state index contributed by atoms with van der Waals surface area (Å²) in [4.78, 5) is 10.6. The summed E-state index contributed by atoms with van der Waals surface area (Å²) in [5, 5.41) is 1.88. The molecule has 1 aliphatic heterocycles. The molecular weight excluding hydrogens is 233 g/mol. The number of carbonyl (C=O) groups excluding carboxylic acids is 1. The first-order chi connectivity index (χ1) is 6.47. The Bertz CT molecular complexity index is 471. The molecule has 2 heterocycles. The second-order valence-corrected chi connectivity index (χ2v) is 4.25. The Kier molecular flexibility index (Phi) is 3.62. The number of furan rings is 1. The molecule has 1 fully saturated rings. The second-order valence-electron chi connectivity index (χ2n) is 2.94. The average molecular weight is 239 g/mol. The molecule has 1 unspecified atom stereocenters. The summed E-state index contributed by atoms with van der Waals surface area (Å²) in [6.07, 6.45) is 0.256. The van der Waals surface area contributed by atoms with Gasteiger partial charge in [0.25, 0.3) is 0 Å². The van der Waals surface area contributed by atoms with Gasteiger partial charge in [0.05, 0.1) is 12.5 Å². The molecule has 0 radical (unpaired) electrons. The quantitative estimate of drug-likeness (QED) is 0.332. The maximum atomic E-state index is 10.6. The third-order valence-corrected chi connectivity index (χ3v) is 2.63. The summed E-state index contributed by atoms with van der Waals surface area (Å²) in [5.41, 5.74) is 0. The Morgan fingerprint density at radius 1 is 1.47 bits per heavy atom. The molecule has 76 valence electrons. The van der Waals surface area contributed by atoms with Crippen molar-refractivity contribution >= 4 is 16.0 Å². The summed E-state index contributed by atoms with van der Waals surface area (Å²) >= 11 is 0. The minimum absolute atomic E-state index is 0. The molecule has 1 saturated heterocycles. The van der Waals surface area contributed by atoms with E-state index in [4.69, 9.17) is 4.42 Å². The predicted molar refractivity (Wildman–Crippen MR) is 42.2 cm³/mol. The molecule has 15 heavy (non-hydrogen) atoms. The van der Waals surface area contributed by atoms with Gasteiger partial charge in [-0.3, -0.25) is 4.79 Å². The first kappa shape index (κ1) is 12.7. The minimum Gasteiger partial charge on any atom is -0.742 e. The molecule has 1 N–H and O–H groups in total. The van der Waals surface area contributed by atoms with Gasteiger partial charge in [-0.05, 0) is 12.1 Å². The summed E-state index contributed by atoms with van der Waals surface area (Å²) in [6.45, 7) is 0. The van der Waals surface area contributed by atoms with E-state index in [0.717, 1.165) is 6.07 Å². The van der Waals surface area contributed by atoms with Crippen molar-refractivity contribution in [2.75, 3.05) is 0 Å². The van der Waals surface area contributed by atoms with Gasteiger partial charge >= 0.3 is 29.6 Å². The smallest absolute Gasteiger partial charge is 0.742 e. The van der Waals surface area contributed by atoms with E-state index in [1.54, 1.807) is 0 Å². The summed E-state index contributed by atoms with van der Waals surface area (Å²) in [7, 11) is -4.54. The predicted octanol–water partition coefficient (Wildman–Crippen LogP) is -3.25. The van der Waals surface area contributed by atoms with E-state index < -0.39 is 15.2 Å². The zero-order valence-electron chi connectivity index (χ0n) is 7.89. The van der Waals surface area contributed by atoms with E-state index in [1.807, 2.05) is 0 Å². The molecule has 0 saturated carbocycles. The van der Waals surface area contributed by atoms with Gasteiger partial charge in [0, 0.05) is 0 Å². The largest absolute Gasteiger partial charge is 1.00 e. The van der Waals surface area contributed by atoms with Crippen molar-refractivity contribution in [3.63, 3.8) is 0 Å². The Hall–Kier alpha value is -0.340. The van der Waals surface area contributed by atoms with Crippen molar-refractivity contribution in [2.24, 2.45) is 0 Å². The molecule has 1 aromatic heterocycles. The van der Waals surface area contributed by atoms with Gasteiger partial charge in [-0.1, -0.05) is 0 Å². The van der Waals surface area contributed by atoms with Crippen LogP contribution in [0.25, 0.3) is 0 Å². The average Bonchev–Trinajstić information content (AvgIpc) is 2.45. The standard InChI is InChI=1S/C7H7NO5S.Na/c9-6-3-4(8-6)5-1-2-7(13-5)14(10,11)12;/h1-2,4H,3H2,(H,8,9)(H,10,11,12);/q;+1/p-1. The van der Waals surface area contributed by atoms with Crippen LogP contribution in [0.5, 0.6) is 0 Å². The number of rotatable bonds is 2. The van der Waals surface area contributed by atoms with E-state index in [2.05, 4.69) is 5.32 Å². The molecule has 1 aliphatic rings. The van der Waals surface area contributed by atoms with Gasteiger partial charge in [-0.15, -0.1) is 0 Å². The third-order valence-electron chi connectivity index (χ3n) is 1.92. The van der Waals surface area contributed by atoms with Crippen LogP contribution in [0, 0.1) is 0 Å². The van der Waals surface area contributed by atoms with Crippen LogP contribution < -0.4 is 34.9 Å². The van der Waals surface area contributed by atoms with Crippen molar-refractivity contribution in [1.82, 2.24) is 5.32 Å². The third kappa shape index (κ3) is 2.61. The van der Waals surface area contributed by atoms with Crippen LogP contribution in [0.4, 0.5) is 0 Å². The van der Waals surface area contributed by atoms with Crippen molar-refractivity contribution in [2.45, 2.75) is 17.6 Å². The molecule has 0 aliphatic carbocycles. The van der Waals surface area contributed by atoms with Gasteiger partial charge in [-0.25, -0.2) is 8.42 Å². The van der Waals surface area contributed by atoms with Gasteiger partial charge in [0.2, 0.25) is 11.0 Å². The number of nitrogens with one attached hydrogen (secondary N) is 1. The Morgan fingerprint density at radius 2 is 2.07 bits per heavy atom. The van der Waals surface area contributed by atoms with E-state index in [1.165, 1.54) is 6.07 Å². The maximum Gasteiger partial charge on any atom is 1.00 e. The van der Waals surface area contributed by atoms with Crippen molar-refractivity contribution in [3.05, 3.63) is 17.9 Å². The molecule has 0 spiro atoms. The van der Waals surface area contributed by atoms with Crippen LogP contribution in [-0.2, 0) is 14.9 Å². The van der Waals surface area contributed by atoms with Crippen molar-refractivity contribution in [1.29, 1.82) is 0 Å². The topological polar surface area (TPSA) is 99.4 Å². The molecular formula is C7H6NNaO5S. The molecule has 1 amide bonds. The Morgan fingerprint density at radius 3 is 2.47 bits per heavy atom. The summed E-state index contributed by atoms with van der Waals surface area (Å²) in [5.74, 6) is 0.164. The number of hydrogen-bond acceptors (Lipinski definition) is 5. The van der Waals surface area contributed by atoms with Crippen LogP contribution in [-0.4, -0.2) is 18.9 Å². The molecule has 1 atom stereocenters. The van der Waals surface area contributed by atoms with Crippen LogP contribution in [0.15, 0.2) is 21.6 Å². The summed E-state index contributed by atoms with van der Waals surface area (Å²) in [6, 6.07) is 2.15. The van der Waals surface area contributed by atoms with E-state index in [9.17, 15) is 17.8 Å². The Balaban J connectivity index is 0.00000112. The number of amides is 1. The van der Waals surface area contributed by atoms with Crippen LogP contribution in [0.3, 0.4) is 0 Å². The first-order valence-corrected chi connectivity index (χ1v) is 5.22. The van der Waals surface area contributed by atoms with Crippen LogP contribution in [0.1, 0.15) is 18.2 Å². The molecule has 6 nitrogen and oxygen atoms in total. The van der Waals surface area contributed by atoms with Gasteiger partial charge in [0.15, 0.2) is 10.1 Å². The zero-order valence-corrected chi connectivity index (χ0v) is 10.7. The number of β-lactam (4-membered cyclic amide) rings is 1. The molecule has 8 heteroatoms. The summed E-state index contributed by atoms with van der Waals surface area (Å²) < 4.78 is 36.3. The molecule has 0 bridgehead atoms.